The molecule has 1 aromatic heterocycles. The molecule has 2 aromatic carbocycles. The van der Waals surface area contributed by atoms with Crippen molar-refractivity contribution in [2.24, 2.45) is 0 Å². The Labute approximate surface area is 162 Å². The third kappa shape index (κ3) is 3.95. The van der Waals surface area contributed by atoms with Crippen LogP contribution in [0.4, 0.5) is 0 Å². The van der Waals surface area contributed by atoms with Gasteiger partial charge < -0.3 is 10.1 Å². The predicted molar refractivity (Wildman–Crippen MR) is 106 cm³/mol. The molecule has 144 valence electrons. The Hall–Kier alpha value is -3.03. The first kappa shape index (κ1) is 18.3. The van der Waals surface area contributed by atoms with E-state index in [0.717, 1.165) is 18.7 Å². The highest BCUT2D eigenvalue weighted by molar-refractivity contribution is 5.95. The number of carbonyl (C=O) groups excluding carboxylic acids is 1. The van der Waals surface area contributed by atoms with Gasteiger partial charge in [0.15, 0.2) is 5.69 Å². The van der Waals surface area contributed by atoms with Crippen molar-refractivity contribution < 1.29 is 9.53 Å². The van der Waals surface area contributed by atoms with Crippen LogP contribution in [0.5, 0.6) is 0 Å². The van der Waals surface area contributed by atoms with E-state index in [4.69, 9.17) is 4.74 Å². The number of carbonyl (C=O) groups is 1. The molecule has 1 saturated heterocycles. The largest absolute Gasteiger partial charge is 0.379 e. The van der Waals surface area contributed by atoms with Crippen molar-refractivity contribution in [1.29, 1.82) is 0 Å². The molecule has 2 heterocycles. The van der Waals surface area contributed by atoms with E-state index >= 15 is 0 Å². The number of aromatic nitrogens is 2. The van der Waals surface area contributed by atoms with Gasteiger partial charge in [-0.1, -0.05) is 42.5 Å². The highest BCUT2D eigenvalue weighted by atomic mass is 16.5. The van der Waals surface area contributed by atoms with Gasteiger partial charge in [0.2, 0.25) is 5.43 Å². The van der Waals surface area contributed by atoms with Crippen molar-refractivity contribution in [3.63, 3.8) is 0 Å². The van der Waals surface area contributed by atoms with Gasteiger partial charge in [0.25, 0.3) is 5.91 Å². The number of nitrogens with one attached hydrogen (secondary N) is 2. The molecule has 1 atom stereocenters. The summed E-state index contributed by atoms with van der Waals surface area (Å²) in [6.07, 6.45) is 0. The third-order valence-electron chi connectivity index (χ3n) is 4.94. The molecule has 0 spiro atoms. The first-order valence-electron chi connectivity index (χ1n) is 9.36. The molecule has 0 aliphatic carbocycles. The molecule has 1 amide bonds. The van der Waals surface area contributed by atoms with Crippen LogP contribution in [0.15, 0.2) is 59.4 Å². The molecule has 4 rings (SSSR count). The SMILES string of the molecule is O=C(NC(CN1CCOCC1)c1ccccc1)c1n[nH]c2ccccc2c1=O. The lowest BCUT2D eigenvalue weighted by Gasteiger charge is -2.31. The summed E-state index contributed by atoms with van der Waals surface area (Å²) in [6, 6.07) is 16.5. The maximum absolute atomic E-state index is 12.9. The number of H-pyrrole nitrogens is 1. The van der Waals surface area contributed by atoms with Crippen LogP contribution in [0, 0.1) is 0 Å². The summed E-state index contributed by atoms with van der Waals surface area (Å²) in [5, 5.41) is 10.3. The summed E-state index contributed by atoms with van der Waals surface area (Å²) in [5.74, 6) is -0.478. The molecule has 0 saturated carbocycles. The van der Waals surface area contributed by atoms with E-state index in [2.05, 4.69) is 20.4 Å². The van der Waals surface area contributed by atoms with E-state index in [1.807, 2.05) is 36.4 Å². The second-order valence-electron chi connectivity index (χ2n) is 6.80. The van der Waals surface area contributed by atoms with Gasteiger partial charge >= 0.3 is 0 Å². The van der Waals surface area contributed by atoms with Crippen molar-refractivity contribution in [2.75, 3.05) is 32.8 Å². The van der Waals surface area contributed by atoms with Gasteiger partial charge in [0.1, 0.15) is 0 Å². The Morgan fingerprint density at radius 2 is 1.82 bits per heavy atom. The number of rotatable bonds is 5. The van der Waals surface area contributed by atoms with Crippen LogP contribution in [0.3, 0.4) is 0 Å². The molecular formula is C21H22N4O3. The fourth-order valence-corrected chi connectivity index (χ4v) is 3.42. The van der Waals surface area contributed by atoms with Gasteiger partial charge in [-0.15, -0.1) is 0 Å². The zero-order chi connectivity index (χ0) is 19.3. The number of hydrogen-bond acceptors (Lipinski definition) is 5. The van der Waals surface area contributed by atoms with E-state index in [-0.39, 0.29) is 17.2 Å². The van der Waals surface area contributed by atoms with Gasteiger partial charge in [-0.3, -0.25) is 19.6 Å². The zero-order valence-corrected chi connectivity index (χ0v) is 15.4. The van der Waals surface area contributed by atoms with Crippen LogP contribution >= 0.6 is 0 Å². The molecular weight excluding hydrogens is 356 g/mol. The average molecular weight is 378 g/mol. The van der Waals surface area contributed by atoms with Crippen LogP contribution in [-0.2, 0) is 4.74 Å². The van der Waals surface area contributed by atoms with Crippen LogP contribution in [0.25, 0.3) is 10.9 Å². The molecule has 7 heteroatoms. The Bertz CT molecular complexity index is 1010. The molecule has 0 radical (unpaired) electrons. The molecule has 7 nitrogen and oxygen atoms in total. The second-order valence-corrected chi connectivity index (χ2v) is 6.80. The molecule has 1 fully saturated rings. The summed E-state index contributed by atoms with van der Waals surface area (Å²) < 4.78 is 5.41. The molecule has 3 aromatic rings. The first-order valence-corrected chi connectivity index (χ1v) is 9.36. The van der Waals surface area contributed by atoms with Gasteiger partial charge in [-0.2, -0.15) is 5.10 Å². The molecule has 1 aliphatic rings. The number of ether oxygens (including phenoxy) is 1. The monoisotopic (exact) mass is 378 g/mol. The van der Waals surface area contributed by atoms with E-state index in [9.17, 15) is 9.59 Å². The fourth-order valence-electron chi connectivity index (χ4n) is 3.42. The minimum absolute atomic E-state index is 0.124. The standard InChI is InChI=1S/C21H22N4O3/c26-20-16-8-4-5-9-17(16)23-24-19(20)21(27)22-18(15-6-2-1-3-7-15)14-25-10-12-28-13-11-25/h1-9,18H,10-14H2,(H,22,27)(H,23,26). The smallest absolute Gasteiger partial charge is 0.276 e. The van der Waals surface area contributed by atoms with Gasteiger partial charge in [0, 0.05) is 25.0 Å². The number of fused-ring (bicyclic) bond motifs is 1. The Balaban J connectivity index is 1.60. The molecule has 0 bridgehead atoms. The second kappa shape index (κ2) is 8.33. The summed E-state index contributed by atoms with van der Waals surface area (Å²) in [5.41, 5.74) is 1.10. The highest BCUT2D eigenvalue weighted by Gasteiger charge is 2.23. The van der Waals surface area contributed by atoms with E-state index in [1.54, 1.807) is 18.2 Å². The zero-order valence-electron chi connectivity index (χ0n) is 15.4. The Morgan fingerprint density at radius 3 is 2.61 bits per heavy atom. The molecule has 1 aliphatic heterocycles. The summed E-state index contributed by atoms with van der Waals surface area (Å²) >= 11 is 0. The van der Waals surface area contributed by atoms with Crippen molar-refractivity contribution in [1.82, 2.24) is 20.4 Å². The summed E-state index contributed by atoms with van der Waals surface area (Å²) in [7, 11) is 0. The van der Waals surface area contributed by atoms with Crippen LogP contribution in [-0.4, -0.2) is 53.9 Å². The lowest BCUT2D eigenvalue weighted by Crippen LogP contribution is -2.44. The van der Waals surface area contributed by atoms with Crippen LogP contribution in [0.1, 0.15) is 22.1 Å². The van der Waals surface area contributed by atoms with Crippen molar-refractivity contribution in [3.05, 3.63) is 76.1 Å². The Kier molecular flexibility index (Phi) is 5.45. The lowest BCUT2D eigenvalue weighted by molar-refractivity contribution is 0.0332. The lowest BCUT2D eigenvalue weighted by atomic mass is 10.1. The minimum atomic E-state index is -0.478. The quantitative estimate of drug-likeness (QED) is 0.706. The summed E-state index contributed by atoms with van der Waals surface area (Å²) in [6.45, 7) is 3.63. The maximum atomic E-state index is 12.9. The van der Waals surface area contributed by atoms with E-state index in [1.165, 1.54) is 0 Å². The third-order valence-corrected chi connectivity index (χ3v) is 4.94. The first-order chi connectivity index (χ1) is 13.7. The number of benzene rings is 2. The van der Waals surface area contributed by atoms with Crippen molar-refractivity contribution in [2.45, 2.75) is 6.04 Å². The van der Waals surface area contributed by atoms with Gasteiger partial charge in [-0.25, -0.2) is 0 Å². The number of para-hydroxylation sites is 1. The average Bonchev–Trinajstić information content (AvgIpc) is 2.75. The predicted octanol–water partition coefficient (Wildman–Crippen LogP) is 1.73. The minimum Gasteiger partial charge on any atom is -0.379 e. The molecule has 28 heavy (non-hydrogen) atoms. The number of hydrogen-bond donors (Lipinski definition) is 2. The van der Waals surface area contributed by atoms with Crippen LogP contribution in [0.2, 0.25) is 0 Å². The van der Waals surface area contributed by atoms with Gasteiger partial charge in [0.05, 0.1) is 24.8 Å². The van der Waals surface area contributed by atoms with Crippen LogP contribution < -0.4 is 10.7 Å². The number of nitrogens with zero attached hydrogens (tertiary/aromatic N) is 2. The number of aromatic amines is 1. The van der Waals surface area contributed by atoms with E-state index < -0.39 is 5.91 Å². The summed E-state index contributed by atoms with van der Waals surface area (Å²) in [4.78, 5) is 27.9. The highest BCUT2D eigenvalue weighted by Crippen LogP contribution is 2.16. The normalized spacial score (nSPS) is 16.0. The molecule has 1 unspecified atom stereocenters. The fraction of sp³-hybridized carbons (Fsp3) is 0.286. The molecule has 2 N–H and O–H groups in total. The number of morpholine rings is 1. The number of amides is 1. The Morgan fingerprint density at radius 1 is 1.11 bits per heavy atom. The van der Waals surface area contributed by atoms with Crippen molar-refractivity contribution >= 4 is 16.8 Å². The topological polar surface area (TPSA) is 87.3 Å². The maximum Gasteiger partial charge on any atom is 0.276 e. The van der Waals surface area contributed by atoms with E-state index in [0.29, 0.717) is 30.7 Å². The van der Waals surface area contributed by atoms with Crippen molar-refractivity contribution in [3.8, 4) is 0 Å². The van der Waals surface area contributed by atoms with Gasteiger partial charge in [-0.05, 0) is 17.7 Å².